The summed E-state index contributed by atoms with van der Waals surface area (Å²) in [5.74, 6) is 0.0720. The van der Waals surface area contributed by atoms with Crippen LogP contribution in [-0.4, -0.2) is 43.6 Å². The molecule has 2 amide bonds. The van der Waals surface area contributed by atoms with Gasteiger partial charge in [0.15, 0.2) is 10.1 Å². The third kappa shape index (κ3) is 2.61. The number of carbonyl (C=O) groups excluding carboxylic acids is 2. The highest BCUT2D eigenvalue weighted by Gasteiger charge is 2.28. The average Bonchev–Trinajstić information content (AvgIpc) is 3.13. The Morgan fingerprint density at radius 1 is 1.55 bits per heavy atom. The van der Waals surface area contributed by atoms with Crippen molar-refractivity contribution in [2.45, 2.75) is 20.3 Å². The number of amidine groups is 1. The van der Waals surface area contributed by atoms with Gasteiger partial charge in [0.2, 0.25) is 5.91 Å². The molecule has 0 atom stereocenters. The molecule has 3 rings (SSSR count). The van der Waals surface area contributed by atoms with Crippen molar-refractivity contribution < 1.29 is 9.59 Å². The number of nitrogens with one attached hydrogen (secondary N) is 1. The van der Waals surface area contributed by atoms with Gasteiger partial charge in [-0.25, -0.2) is 10.4 Å². The zero-order chi connectivity index (χ0) is 15.7. The fraction of sp³-hybridized carbons (Fsp3) is 0.385. The van der Waals surface area contributed by atoms with Gasteiger partial charge >= 0.3 is 0 Å². The van der Waals surface area contributed by atoms with Crippen molar-refractivity contribution in [1.82, 2.24) is 19.7 Å². The molecule has 1 aliphatic rings. The minimum absolute atomic E-state index is 0.0283. The van der Waals surface area contributed by atoms with Gasteiger partial charge < -0.3 is 0 Å². The molecule has 7 nitrogen and oxygen atoms in total. The molecule has 0 saturated carbocycles. The molecular formula is C13H15N5O2S2. The third-order valence-corrected chi connectivity index (χ3v) is 4.93. The minimum atomic E-state index is -0.327. The lowest BCUT2D eigenvalue weighted by Crippen LogP contribution is -2.32. The normalized spacial score (nSPS) is 16.9. The standard InChI is InChI=1S/C13H15N5O2S2/c1-3-4-17-9(19)7-22-13(17)16-15-11(20)10-8(2)14-12-18(10)5-6-21-12/h5-6H,3-4,7H2,1-2H3,(H,15,20)/b16-13-. The Balaban J connectivity index is 1.80. The van der Waals surface area contributed by atoms with E-state index in [1.54, 1.807) is 22.4 Å². The van der Waals surface area contributed by atoms with E-state index in [1.807, 2.05) is 12.3 Å². The van der Waals surface area contributed by atoms with Crippen LogP contribution in [0.4, 0.5) is 0 Å². The zero-order valence-corrected chi connectivity index (χ0v) is 13.8. The van der Waals surface area contributed by atoms with Gasteiger partial charge in [0.05, 0.1) is 11.4 Å². The quantitative estimate of drug-likeness (QED) is 0.861. The van der Waals surface area contributed by atoms with E-state index in [4.69, 9.17) is 0 Å². The predicted octanol–water partition coefficient (Wildman–Crippen LogP) is 1.69. The first-order valence-corrected chi connectivity index (χ1v) is 8.71. The smallest absolute Gasteiger partial charge is 0.289 e. The molecular weight excluding hydrogens is 322 g/mol. The first-order valence-electron chi connectivity index (χ1n) is 6.85. The summed E-state index contributed by atoms with van der Waals surface area (Å²) in [6.45, 7) is 4.40. The van der Waals surface area contributed by atoms with Crippen LogP contribution < -0.4 is 5.43 Å². The predicted molar refractivity (Wildman–Crippen MR) is 87.2 cm³/mol. The van der Waals surface area contributed by atoms with Crippen molar-refractivity contribution in [2.24, 2.45) is 5.10 Å². The van der Waals surface area contributed by atoms with Gasteiger partial charge in [0.1, 0.15) is 5.69 Å². The Morgan fingerprint density at radius 3 is 3.14 bits per heavy atom. The first-order chi connectivity index (χ1) is 10.6. The largest absolute Gasteiger partial charge is 0.290 e. The maximum Gasteiger partial charge on any atom is 0.290 e. The highest BCUT2D eigenvalue weighted by molar-refractivity contribution is 8.15. The minimum Gasteiger partial charge on any atom is -0.289 e. The van der Waals surface area contributed by atoms with E-state index in [1.165, 1.54) is 23.1 Å². The highest BCUT2D eigenvalue weighted by Crippen LogP contribution is 2.20. The Hall–Kier alpha value is -1.87. The monoisotopic (exact) mass is 337 g/mol. The molecule has 1 fully saturated rings. The maximum atomic E-state index is 12.4. The van der Waals surface area contributed by atoms with Gasteiger partial charge in [-0.2, -0.15) is 0 Å². The number of hydrogen-bond donors (Lipinski definition) is 1. The number of nitrogens with zero attached hydrogens (tertiary/aromatic N) is 4. The number of hydrogen-bond acceptors (Lipinski definition) is 6. The Labute approximate surface area is 135 Å². The van der Waals surface area contributed by atoms with E-state index in [0.29, 0.717) is 28.9 Å². The lowest BCUT2D eigenvalue weighted by Gasteiger charge is -2.14. The zero-order valence-electron chi connectivity index (χ0n) is 12.2. The molecule has 0 spiro atoms. The van der Waals surface area contributed by atoms with Crippen LogP contribution in [0.5, 0.6) is 0 Å². The molecule has 9 heteroatoms. The van der Waals surface area contributed by atoms with Gasteiger partial charge in [-0.15, -0.1) is 16.4 Å². The summed E-state index contributed by atoms with van der Waals surface area (Å²) in [5, 5.41) is 6.53. The van der Waals surface area contributed by atoms with Crippen molar-refractivity contribution in [2.75, 3.05) is 12.3 Å². The molecule has 1 saturated heterocycles. The van der Waals surface area contributed by atoms with Crippen LogP contribution in [0.15, 0.2) is 16.7 Å². The van der Waals surface area contributed by atoms with Crippen LogP contribution in [-0.2, 0) is 4.79 Å². The molecule has 1 N–H and O–H groups in total. The molecule has 0 aliphatic carbocycles. The number of thiazole rings is 1. The SMILES string of the molecule is CCCN1C(=O)CS/C1=N\NC(=O)c1c(C)nc2sccn12. The summed E-state index contributed by atoms with van der Waals surface area (Å²) in [4.78, 5) is 30.8. The van der Waals surface area contributed by atoms with Crippen LogP contribution >= 0.6 is 23.1 Å². The van der Waals surface area contributed by atoms with Gasteiger partial charge in [-0.05, 0) is 13.3 Å². The number of thioether (sulfide) groups is 1. The molecule has 1 aliphatic heterocycles. The number of imidazole rings is 1. The molecule has 2 aromatic rings. The average molecular weight is 337 g/mol. The van der Waals surface area contributed by atoms with Crippen molar-refractivity contribution in [1.29, 1.82) is 0 Å². The molecule has 22 heavy (non-hydrogen) atoms. The number of aryl methyl sites for hydroxylation is 1. The van der Waals surface area contributed by atoms with Crippen molar-refractivity contribution in [3.8, 4) is 0 Å². The number of rotatable bonds is 4. The Morgan fingerprint density at radius 2 is 2.36 bits per heavy atom. The van der Waals surface area contributed by atoms with Crippen LogP contribution in [0.2, 0.25) is 0 Å². The summed E-state index contributed by atoms with van der Waals surface area (Å²) in [5.41, 5.74) is 3.66. The fourth-order valence-electron chi connectivity index (χ4n) is 2.24. The lowest BCUT2D eigenvalue weighted by molar-refractivity contribution is -0.124. The fourth-order valence-corrected chi connectivity index (χ4v) is 3.87. The van der Waals surface area contributed by atoms with Crippen LogP contribution in [0.25, 0.3) is 4.96 Å². The topological polar surface area (TPSA) is 79.1 Å². The van der Waals surface area contributed by atoms with E-state index in [2.05, 4.69) is 15.5 Å². The van der Waals surface area contributed by atoms with E-state index in [9.17, 15) is 9.59 Å². The summed E-state index contributed by atoms with van der Waals surface area (Å²) in [6.07, 6.45) is 2.65. The number of aromatic nitrogens is 2. The van der Waals surface area contributed by atoms with E-state index in [0.717, 1.165) is 11.4 Å². The molecule has 116 valence electrons. The second kappa shape index (κ2) is 6.09. The summed E-state index contributed by atoms with van der Waals surface area (Å²) in [6, 6.07) is 0. The van der Waals surface area contributed by atoms with Crippen molar-refractivity contribution >= 4 is 45.0 Å². The van der Waals surface area contributed by atoms with Crippen molar-refractivity contribution in [3.63, 3.8) is 0 Å². The second-order valence-electron chi connectivity index (χ2n) is 4.77. The van der Waals surface area contributed by atoms with Crippen LogP contribution in [0.1, 0.15) is 29.5 Å². The summed E-state index contributed by atoms with van der Waals surface area (Å²) < 4.78 is 1.74. The van der Waals surface area contributed by atoms with Gasteiger partial charge in [0, 0.05) is 18.1 Å². The number of hydrazone groups is 1. The molecule has 3 heterocycles. The third-order valence-electron chi connectivity index (χ3n) is 3.21. The molecule has 2 aromatic heterocycles. The Bertz CT molecular complexity index is 764. The number of fused-ring (bicyclic) bond motifs is 1. The number of amides is 2. The summed E-state index contributed by atoms with van der Waals surface area (Å²) >= 11 is 2.81. The molecule has 0 radical (unpaired) electrons. The van der Waals surface area contributed by atoms with Crippen LogP contribution in [0.3, 0.4) is 0 Å². The van der Waals surface area contributed by atoms with E-state index < -0.39 is 0 Å². The lowest BCUT2D eigenvalue weighted by atomic mass is 10.3. The van der Waals surface area contributed by atoms with E-state index >= 15 is 0 Å². The molecule has 0 bridgehead atoms. The highest BCUT2D eigenvalue weighted by atomic mass is 32.2. The van der Waals surface area contributed by atoms with Crippen LogP contribution in [0, 0.1) is 6.92 Å². The van der Waals surface area contributed by atoms with Crippen molar-refractivity contribution in [3.05, 3.63) is 23.0 Å². The summed E-state index contributed by atoms with van der Waals surface area (Å²) in [7, 11) is 0. The second-order valence-corrected chi connectivity index (χ2v) is 6.59. The van der Waals surface area contributed by atoms with Gasteiger partial charge in [0.25, 0.3) is 5.91 Å². The van der Waals surface area contributed by atoms with E-state index in [-0.39, 0.29) is 11.8 Å². The first kappa shape index (κ1) is 15.0. The van der Waals surface area contributed by atoms with Gasteiger partial charge in [-0.1, -0.05) is 18.7 Å². The molecule has 0 unspecified atom stereocenters. The number of carbonyl (C=O) groups is 2. The maximum absolute atomic E-state index is 12.4. The van der Waals surface area contributed by atoms with Gasteiger partial charge in [-0.3, -0.25) is 18.9 Å². The Kier molecular flexibility index (Phi) is 4.16. The molecule has 0 aromatic carbocycles.